The van der Waals surface area contributed by atoms with Crippen molar-refractivity contribution in [2.75, 3.05) is 5.32 Å². The Hall–Kier alpha value is -2.67. The number of para-hydroxylation sites is 2. The van der Waals surface area contributed by atoms with Crippen LogP contribution < -0.4 is 24.0 Å². The van der Waals surface area contributed by atoms with E-state index in [1.165, 1.54) is 42.5 Å². The van der Waals surface area contributed by atoms with E-state index in [1.54, 1.807) is 0 Å². The Morgan fingerprint density at radius 2 is 1.52 bits per heavy atom. The molecule has 0 spiro atoms. The van der Waals surface area contributed by atoms with Gasteiger partial charge in [-0.3, -0.25) is 4.79 Å². The van der Waals surface area contributed by atoms with Crippen LogP contribution in [0.5, 0.6) is 11.5 Å². The molecule has 0 fully saturated rings. The van der Waals surface area contributed by atoms with Gasteiger partial charge in [-0.15, -0.1) is 0 Å². The Morgan fingerprint density at radius 3 is 2.16 bits per heavy atom. The number of anilines is 1. The van der Waals surface area contributed by atoms with Crippen LogP contribution in [0, 0.1) is 0 Å². The van der Waals surface area contributed by atoms with E-state index in [2.05, 4.69) is 13.7 Å². The van der Waals surface area contributed by atoms with E-state index in [0.717, 1.165) is 6.07 Å². The summed E-state index contributed by atoms with van der Waals surface area (Å²) in [5.41, 5.74) is 0.0749. The lowest BCUT2D eigenvalue weighted by Gasteiger charge is -2.11. The molecule has 0 radical (unpaired) electrons. The molecular formula is C13H13N3O7S2. The van der Waals surface area contributed by atoms with E-state index < -0.39 is 26.5 Å². The van der Waals surface area contributed by atoms with Crippen LogP contribution in [0.25, 0.3) is 0 Å². The molecule has 0 aliphatic heterocycles. The summed E-state index contributed by atoms with van der Waals surface area (Å²) in [6.07, 6.45) is 0. The van der Waals surface area contributed by atoms with Gasteiger partial charge in [-0.25, -0.2) is 0 Å². The van der Waals surface area contributed by atoms with E-state index in [9.17, 15) is 21.6 Å². The summed E-state index contributed by atoms with van der Waals surface area (Å²) >= 11 is 0. The second kappa shape index (κ2) is 7.06. The highest BCUT2D eigenvalue weighted by Crippen LogP contribution is 2.25. The zero-order chi connectivity index (χ0) is 18.7. The van der Waals surface area contributed by atoms with Crippen molar-refractivity contribution in [2.45, 2.75) is 0 Å². The monoisotopic (exact) mass is 387 g/mol. The van der Waals surface area contributed by atoms with E-state index in [0.29, 0.717) is 0 Å². The number of carbonyl (C=O) groups is 1. The molecule has 0 saturated carbocycles. The molecule has 2 aromatic rings. The number of carbonyl (C=O) groups excluding carboxylic acids is 1. The third kappa shape index (κ3) is 6.04. The first kappa shape index (κ1) is 18.7. The number of nitrogens with one attached hydrogen (secondary N) is 1. The third-order valence-electron chi connectivity index (χ3n) is 2.65. The van der Waals surface area contributed by atoms with Crippen LogP contribution in [-0.4, -0.2) is 22.7 Å². The molecule has 1 amide bonds. The van der Waals surface area contributed by atoms with Gasteiger partial charge in [0.15, 0.2) is 5.75 Å². The van der Waals surface area contributed by atoms with Gasteiger partial charge in [0.05, 0.1) is 5.69 Å². The lowest BCUT2D eigenvalue weighted by atomic mass is 10.2. The van der Waals surface area contributed by atoms with Crippen molar-refractivity contribution in [3.05, 3.63) is 54.1 Å². The van der Waals surface area contributed by atoms with Gasteiger partial charge >= 0.3 is 20.6 Å². The largest absolute Gasteiger partial charge is 0.380 e. The third-order valence-corrected chi connectivity index (χ3v) is 3.49. The van der Waals surface area contributed by atoms with Crippen LogP contribution in [0.2, 0.25) is 0 Å². The summed E-state index contributed by atoms with van der Waals surface area (Å²) in [4.78, 5) is 12.3. The Bertz CT molecular complexity index is 1000. The quantitative estimate of drug-likeness (QED) is 0.631. The molecular weight excluding hydrogens is 374 g/mol. The van der Waals surface area contributed by atoms with Crippen LogP contribution in [0.15, 0.2) is 48.5 Å². The number of benzene rings is 2. The maximum Gasteiger partial charge on any atom is 0.380 e. The molecule has 2 rings (SSSR count). The van der Waals surface area contributed by atoms with Gasteiger partial charge < -0.3 is 13.7 Å². The van der Waals surface area contributed by atoms with Gasteiger partial charge in [0.2, 0.25) is 0 Å². The van der Waals surface area contributed by atoms with Crippen LogP contribution in [0.3, 0.4) is 0 Å². The molecule has 134 valence electrons. The van der Waals surface area contributed by atoms with E-state index in [-0.39, 0.29) is 22.7 Å². The predicted octanol–water partition coefficient (Wildman–Crippen LogP) is 0.103. The van der Waals surface area contributed by atoms with Gasteiger partial charge in [0.1, 0.15) is 5.75 Å². The Morgan fingerprint density at radius 1 is 0.880 bits per heavy atom. The Balaban J connectivity index is 2.25. The minimum absolute atomic E-state index is 0.0339. The minimum atomic E-state index is -4.28. The maximum absolute atomic E-state index is 12.3. The number of amides is 1. The topological polar surface area (TPSA) is 168 Å². The molecule has 0 unspecified atom stereocenters. The number of hydrogen-bond acceptors (Lipinski definition) is 7. The summed E-state index contributed by atoms with van der Waals surface area (Å²) < 4.78 is 53.0. The fourth-order valence-electron chi connectivity index (χ4n) is 1.79. The molecule has 25 heavy (non-hydrogen) atoms. The summed E-state index contributed by atoms with van der Waals surface area (Å²) in [6.45, 7) is 0. The summed E-state index contributed by atoms with van der Waals surface area (Å²) in [7, 11) is -8.52. The molecule has 0 bridgehead atoms. The van der Waals surface area contributed by atoms with Gasteiger partial charge in [-0.2, -0.15) is 27.1 Å². The van der Waals surface area contributed by atoms with Crippen molar-refractivity contribution in [2.24, 2.45) is 10.3 Å². The molecule has 2 aromatic carbocycles. The summed E-state index contributed by atoms with van der Waals surface area (Å²) in [5.74, 6) is -1.02. The van der Waals surface area contributed by atoms with Crippen LogP contribution in [0.1, 0.15) is 10.4 Å². The zero-order valence-corrected chi connectivity index (χ0v) is 14.1. The second-order valence-corrected chi connectivity index (χ2v) is 6.93. The molecule has 0 heterocycles. The van der Waals surface area contributed by atoms with Crippen molar-refractivity contribution >= 4 is 32.2 Å². The fraction of sp³-hybridized carbons (Fsp3) is 0. The van der Waals surface area contributed by atoms with Gasteiger partial charge in [-0.1, -0.05) is 18.2 Å². The smallest absolute Gasteiger partial charge is 0.371 e. The fourth-order valence-corrected chi connectivity index (χ4v) is 2.55. The molecule has 0 aliphatic rings. The molecule has 0 atom stereocenters. The van der Waals surface area contributed by atoms with Crippen molar-refractivity contribution in [1.82, 2.24) is 0 Å². The molecule has 5 N–H and O–H groups in total. The highest BCUT2D eigenvalue weighted by molar-refractivity contribution is 7.85. The number of nitrogens with two attached hydrogens (primary N) is 2. The lowest BCUT2D eigenvalue weighted by Crippen LogP contribution is -2.21. The van der Waals surface area contributed by atoms with Crippen LogP contribution >= 0.6 is 0 Å². The average molecular weight is 387 g/mol. The first-order chi connectivity index (χ1) is 11.5. The SMILES string of the molecule is NS(=O)(=O)Oc1cccc(C(=O)Nc2ccccc2OS(N)(=O)=O)c1. The summed E-state index contributed by atoms with van der Waals surface area (Å²) in [6, 6.07) is 10.9. The zero-order valence-electron chi connectivity index (χ0n) is 12.4. The highest BCUT2D eigenvalue weighted by Gasteiger charge is 2.14. The van der Waals surface area contributed by atoms with Gasteiger partial charge in [-0.05, 0) is 30.3 Å². The molecule has 12 heteroatoms. The van der Waals surface area contributed by atoms with Crippen molar-refractivity contribution in [3.8, 4) is 11.5 Å². The summed E-state index contributed by atoms with van der Waals surface area (Å²) in [5, 5.41) is 12.0. The van der Waals surface area contributed by atoms with E-state index >= 15 is 0 Å². The second-order valence-electron chi connectivity index (χ2n) is 4.63. The predicted molar refractivity (Wildman–Crippen MR) is 88.3 cm³/mol. The maximum atomic E-state index is 12.3. The Kier molecular flexibility index (Phi) is 5.27. The van der Waals surface area contributed by atoms with E-state index in [4.69, 9.17) is 10.3 Å². The van der Waals surface area contributed by atoms with Gasteiger partial charge in [0, 0.05) is 5.56 Å². The van der Waals surface area contributed by atoms with Crippen molar-refractivity contribution < 1.29 is 30.0 Å². The Labute approximate surface area is 143 Å². The van der Waals surface area contributed by atoms with Gasteiger partial charge in [0.25, 0.3) is 5.91 Å². The molecule has 0 aromatic heterocycles. The minimum Gasteiger partial charge on any atom is -0.371 e. The first-order valence-electron chi connectivity index (χ1n) is 6.48. The van der Waals surface area contributed by atoms with Crippen LogP contribution in [-0.2, 0) is 20.6 Å². The first-order valence-corrected chi connectivity index (χ1v) is 9.43. The van der Waals surface area contributed by atoms with Crippen molar-refractivity contribution in [1.29, 1.82) is 0 Å². The molecule has 10 nitrogen and oxygen atoms in total. The standard InChI is InChI=1S/C13H13N3O7S2/c14-24(18,19)22-10-5-3-4-9(8-10)13(17)16-11-6-1-2-7-12(11)23-25(15,20)21/h1-8H,(H,16,17)(H2,14,18,19)(H2,15,20,21). The van der Waals surface area contributed by atoms with Crippen LogP contribution in [0.4, 0.5) is 5.69 Å². The normalized spacial score (nSPS) is 11.6. The van der Waals surface area contributed by atoms with Crippen molar-refractivity contribution in [3.63, 3.8) is 0 Å². The molecule has 0 saturated heterocycles. The highest BCUT2D eigenvalue weighted by atomic mass is 32.2. The number of hydrogen-bond donors (Lipinski definition) is 3. The molecule has 0 aliphatic carbocycles. The average Bonchev–Trinajstić information content (AvgIpc) is 2.46. The van der Waals surface area contributed by atoms with E-state index in [1.807, 2.05) is 0 Å². The number of rotatable bonds is 6. The lowest BCUT2D eigenvalue weighted by molar-refractivity contribution is 0.102.